The van der Waals surface area contributed by atoms with Gasteiger partial charge in [0.15, 0.2) is 5.78 Å². The van der Waals surface area contributed by atoms with E-state index in [9.17, 15) is 4.79 Å². The second kappa shape index (κ2) is 2.84. The lowest BCUT2D eigenvalue weighted by molar-refractivity contribution is 0.101. The quantitative estimate of drug-likeness (QED) is 0.663. The number of halogens is 1. The van der Waals surface area contributed by atoms with Crippen LogP contribution in [0.2, 0.25) is 0 Å². The molecular weight excluding hydrogens is 212 g/mol. The van der Waals surface area contributed by atoms with Crippen molar-refractivity contribution in [2.45, 2.75) is 13.8 Å². The van der Waals surface area contributed by atoms with Crippen LogP contribution in [0.1, 0.15) is 22.8 Å². The third-order valence-electron chi connectivity index (χ3n) is 1.36. The number of rotatable bonds is 1. The van der Waals surface area contributed by atoms with Gasteiger partial charge in [0.2, 0.25) is 0 Å². The molecule has 0 saturated heterocycles. The Hall–Kier alpha value is -0.150. The minimum Gasteiger partial charge on any atom is -0.294 e. The van der Waals surface area contributed by atoms with Crippen molar-refractivity contribution < 1.29 is 4.79 Å². The molecule has 1 aromatic rings. The molecule has 0 bridgehead atoms. The summed E-state index contributed by atoms with van der Waals surface area (Å²) in [4.78, 5) is 10.9. The van der Waals surface area contributed by atoms with Gasteiger partial charge in [0.25, 0.3) is 0 Å². The largest absolute Gasteiger partial charge is 0.294 e. The first-order chi connectivity index (χ1) is 4.63. The molecule has 0 amide bonds. The smallest absolute Gasteiger partial charge is 0.160 e. The summed E-state index contributed by atoms with van der Waals surface area (Å²) in [5, 5.41) is 1.88. The van der Waals surface area contributed by atoms with E-state index in [1.807, 2.05) is 12.3 Å². The molecule has 1 nitrogen and oxygen atoms in total. The summed E-state index contributed by atoms with van der Waals surface area (Å²) < 4.78 is 1.05. The van der Waals surface area contributed by atoms with Crippen molar-refractivity contribution >= 4 is 33.0 Å². The molecular formula is C7H7BrOS. The van der Waals surface area contributed by atoms with Crippen LogP contribution < -0.4 is 0 Å². The number of carbonyl (C=O) groups is 1. The van der Waals surface area contributed by atoms with Gasteiger partial charge < -0.3 is 0 Å². The minimum absolute atomic E-state index is 0.138. The fraction of sp³-hybridized carbons (Fsp3) is 0.286. The normalized spacial score (nSPS) is 9.90. The average Bonchev–Trinajstić information content (AvgIpc) is 2.14. The molecule has 0 spiro atoms. The van der Waals surface area contributed by atoms with E-state index in [-0.39, 0.29) is 5.78 Å². The molecule has 0 unspecified atom stereocenters. The van der Waals surface area contributed by atoms with E-state index >= 15 is 0 Å². The minimum atomic E-state index is 0.138. The summed E-state index contributed by atoms with van der Waals surface area (Å²) in [6.07, 6.45) is 0. The lowest BCUT2D eigenvalue weighted by Gasteiger charge is -1.90. The molecule has 0 N–H and O–H groups in total. The molecule has 0 saturated carbocycles. The fourth-order valence-corrected chi connectivity index (χ4v) is 2.09. The van der Waals surface area contributed by atoms with Gasteiger partial charge in [-0.05, 0) is 35.3 Å². The van der Waals surface area contributed by atoms with Crippen LogP contribution in [-0.4, -0.2) is 5.78 Å². The molecule has 0 atom stereocenters. The summed E-state index contributed by atoms with van der Waals surface area (Å²) >= 11 is 4.91. The number of ketones is 1. The van der Waals surface area contributed by atoms with Crippen LogP contribution in [0.4, 0.5) is 0 Å². The van der Waals surface area contributed by atoms with Gasteiger partial charge in [-0.1, -0.05) is 0 Å². The first kappa shape index (κ1) is 7.95. The highest BCUT2D eigenvalue weighted by atomic mass is 79.9. The Labute approximate surface area is 72.2 Å². The third-order valence-corrected chi connectivity index (χ3v) is 3.38. The number of Topliss-reactive ketones (excluding diaryl/α,β-unsaturated/α-hetero) is 1. The van der Waals surface area contributed by atoms with E-state index < -0.39 is 0 Å². The zero-order valence-corrected chi connectivity index (χ0v) is 8.17. The Morgan fingerprint density at radius 1 is 1.70 bits per heavy atom. The predicted molar refractivity (Wildman–Crippen MR) is 46.8 cm³/mol. The Morgan fingerprint density at radius 2 is 2.30 bits per heavy atom. The van der Waals surface area contributed by atoms with Gasteiger partial charge in [-0.25, -0.2) is 0 Å². The maximum atomic E-state index is 10.9. The molecule has 10 heavy (non-hydrogen) atoms. The van der Waals surface area contributed by atoms with Crippen molar-refractivity contribution in [3.8, 4) is 0 Å². The number of hydrogen-bond acceptors (Lipinski definition) is 2. The van der Waals surface area contributed by atoms with E-state index in [0.29, 0.717) is 0 Å². The van der Waals surface area contributed by atoms with Crippen LogP contribution in [0.15, 0.2) is 9.17 Å². The SMILES string of the molecule is CC(=O)c1csc(Br)c1C. The Kier molecular flexibility index (Phi) is 2.26. The lowest BCUT2D eigenvalue weighted by Crippen LogP contribution is -1.90. The van der Waals surface area contributed by atoms with Crippen molar-refractivity contribution in [3.63, 3.8) is 0 Å². The van der Waals surface area contributed by atoms with Gasteiger partial charge in [-0.15, -0.1) is 11.3 Å². The van der Waals surface area contributed by atoms with E-state index in [1.165, 1.54) is 0 Å². The molecule has 1 rings (SSSR count). The van der Waals surface area contributed by atoms with Gasteiger partial charge in [0.05, 0.1) is 3.79 Å². The van der Waals surface area contributed by atoms with E-state index in [0.717, 1.165) is 14.9 Å². The molecule has 0 aromatic carbocycles. The number of thiophene rings is 1. The van der Waals surface area contributed by atoms with Crippen molar-refractivity contribution in [1.29, 1.82) is 0 Å². The molecule has 0 aliphatic rings. The molecule has 0 fully saturated rings. The highest BCUT2D eigenvalue weighted by Gasteiger charge is 2.07. The van der Waals surface area contributed by atoms with Crippen molar-refractivity contribution in [2.75, 3.05) is 0 Å². The van der Waals surface area contributed by atoms with E-state index in [4.69, 9.17) is 0 Å². The molecule has 0 aliphatic carbocycles. The third kappa shape index (κ3) is 1.30. The topological polar surface area (TPSA) is 17.1 Å². The van der Waals surface area contributed by atoms with Crippen LogP contribution in [0.3, 0.4) is 0 Å². The number of hydrogen-bond donors (Lipinski definition) is 0. The monoisotopic (exact) mass is 218 g/mol. The summed E-state index contributed by atoms with van der Waals surface area (Å²) in [6, 6.07) is 0. The van der Waals surface area contributed by atoms with Gasteiger partial charge in [0, 0.05) is 10.9 Å². The highest BCUT2D eigenvalue weighted by Crippen LogP contribution is 2.27. The Balaban J connectivity index is 3.17. The second-order valence-corrected chi connectivity index (χ2v) is 4.30. The lowest BCUT2D eigenvalue weighted by atomic mass is 10.2. The summed E-state index contributed by atoms with van der Waals surface area (Å²) in [7, 11) is 0. The summed E-state index contributed by atoms with van der Waals surface area (Å²) in [5.41, 5.74) is 1.88. The zero-order valence-electron chi connectivity index (χ0n) is 5.77. The maximum absolute atomic E-state index is 10.9. The average molecular weight is 219 g/mol. The van der Waals surface area contributed by atoms with E-state index in [2.05, 4.69) is 15.9 Å². The predicted octanol–water partition coefficient (Wildman–Crippen LogP) is 3.02. The van der Waals surface area contributed by atoms with Gasteiger partial charge >= 0.3 is 0 Å². The van der Waals surface area contributed by atoms with Crippen LogP contribution in [-0.2, 0) is 0 Å². The molecule has 3 heteroatoms. The summed E-state index contributed by atoms with van der Waals surface area (Å²) in [5.74, 6) is 0.138. The van der Waals surface area contributed by atoms with Crippen LogP contribution in [0.5, 0.6) is 0 Å². The van der Waals surface area contributed by atoms with Gasteiger partial charge in [-0.3, -0.25) is 4.79 Å². The molecule has 0 radical (unpaired) electrons. The van der Waals surface area contributed by atoms with Gasteiger partial charge in [-0.2, -0.15) is 0 Å². The fourth-order valence-electron chi connectivity index (χ4n) is 0.740. The van der Waals surface area contributed by atoms with Gasteiger partial charge in [0.1, 0.15) is 0 Å². The molecule has 54 valence electrons. The van der Waals surface area contributed by atoms with Crippen LogP contribution in [0.25, 0.3) is 0 Å². The van der Waals surface area contributed by atoms with Crippen molar-refractivity contribution in [3.05, 3.63) is 20.3 Å². The standard InChI is InChI=1S/C7H7BrOS/c1-4-6(5(2)9)3-10-7(4)8/h3H,1-2H3. The van der Waals surface area contributed by atoms with Crippen molar-refractivity contribution in [1.82, 2.24) is 0 Å². The zero-order chi connectivity index (χ0) is 7.72. The van der Waals surface area contributed by atoms with Crippen LogP contribution in [0, 0.1) is 6.92 Å². The second-order valence-electron chi connectivity index (χ2n) is 2.10. The van der Waals surface area contributed by atoms with Crippen molar-refractivity contribution in [2.24, 2.45) is 0 Å². The Morgan fingerprint density at radius 3 is 2.50 bits per heavy atom. The number of carbonyl (C=O) groups excluding carboxylic acids is 1. The first-order valence-corrected chi connectivity index (χ1v) is 4.54. The molecule has 1 aromatic heterocycles. The Bertz CT molecular complexity index is 265. The van der Waals surface area contributed by atoms with Crippen LogP contribution >= 0.6 is 27.3 Å². The first-order valence-electron chi connectivity index (χ1n) is 2.87. The molecule has 1 heterocycles. The maximum Gasteiger partial charge on any atom is 0.160 e. The highest BCUT2D eigenvalue weighted by molar-refractivity contribution is 9.11. The summed E-state index contributed by atoms with van der Waals surface area (Å²) in [6.45, 7) is 3.53. The van der Waals surface area contributed by atoms with E-state index in [1.54, 1.807) is 18.3 Å². The molecule has 0 aliphatic heterocycles.